The van der Waals surface area contributed by atoms with Crippen LogP contribution >= 0.6 is 0 Å². The smallest absolute Gasteiger partial charge is 0.276 e. The second-order valence-corrected chi connectivity index (χ2v) is 5.35. The Labute approximate surface area is 154 Å². The number of imidazole rings is 1. The number of rotatable bonds is 4. The predicted molar refractivity (Wildman–Crippen MR) is 97.9 cm³/mol. The summed E-state index contributed by atoms with van der Waals surface area (Å²) >= 11 is 0. The van der Waals surface area contributed by atoms with Crippen LogP contribution < -0.4 is 5.32 Å². The third-order valence-electron chi connectivity index (χ3n) is 3.64. The van der Waals surface area contributed by atoms with E-state index in [-0.39, 0.29) is 33.8 Å². The first-order valence-electron chi connectivity index (χ1n) is 7.60. The molecule has 1 amide bonds. The topological polar surface area (TPSA) is 117 Å². The van der Waals surface area contributed by atoms with Crippen LogP contribution in [0, 0.1) is 23.7 Å². The highest BCUT2D eigenvalue weighted by Gasteiger charge is 2.15. The lowest BCUT2D eigenvalue weighted by atomic mass is 10.0. The van der Waals surface area contributed by atoms with E-state index in [0.717, 1.165) is 0 Å². The Morgan fingerprint density at radius 3 is 2.67 bits per heavy atom. The van der Waals surface area contributed by atoms with Crippen LogP contribution in [0.3, 0.4) is 0 Å². The van der Waals surface area contributed by atoms with E-state index in [1.807, 2.05) is 6.07 Å². The number of aromatic nitrogens is 4. The summed E-state index contributed by atoms with van der Waals surface area (Å²) in [6.07, 6.45) is 10.2. The number of nitriles is 1. The molecule has 130 valence electrons. The molecule has 0 aliphatic carbocycles. The Morgan fingerprint density at radius 2 is 2.11 bits per heavy atom. The molecular formula is C19H12N6O2. The van der Waals surface area contributed by atoms with Gasteiger partial charge in [-0.05, 0) is 24.3 Å². The van der Waals surface area contributed by atoms with Crippen molar-refractivity contribution >= 4 is 17.4 Å². The molecule has 0 saturated carbocycles. The van der Waals surface area contributed by atoms with Crippen molar-refractivity contribution < 1.29 is 9.90 Å². The van der Waals surface area contributed by atoms with Crippen LogP contribution in [-0.2, 0) is 0 Å². The van der Waals surface area contributed by atoms with Crippen LogP contribution in [0.1, 0.15) is 27.2 Å². The lowest BCUT2D eigenvalue weighted by Crippen LogP contribution is -2.16. The second-order valence-electron chi connectivity index (χ2n) is 5.35. The van der Waals surface area contributed by atoms with Gasteiger partial charge in [0.15, 0.2) is 11.5 Å². The molecule has 27 heavy (non-hydrogen) atoms. The molecule has 3 rings (SSSR count). The predicted octanol–water partition coefficient (Wildman–Crippen LogP) is 2.30. The van der Waals surface area contributed by atoms with Crippen LogP contribution in [0.25, 0.3) is 11.6 Å². The molecule has 2 heterocycles. The number of aliphatic hydroxyl groups excluding tert-OH is 1. The zero-order valence-electron chi connectivity index (χ0n) is 13.9. The van der Waals surface area contributed by atoms with E-state index in [4.69, 9.17) is 11.7 Å². The fourth-order valence-corrected chi connectivity index (χ4v) is 2.32. The minimum absolute atomic E-state index is 0.0555. The molecule has 0 atom stereocenters. The molecule has 0 bridgehead atoms. The standard InChI is InChI=1S/C19H12N6O2/c1-3-13-9-17(15(12(2)26)8-14(13)10-20)22-19(27)16-4-5-18(24-23-16)25-7-6-21-11-25/h1,4-9,11,26H,2H2,(H,22,27). The summed E-state index contributed by atoms with van der Waals surface area (Å²) in [7, 11) is 0. The number of hydrogen-bond donors (Lipinski definition) is 2. The number of aliphatic hydroxyl groups is 1. The van der Waals surface area contributed by atoms with Gasteiger partial charge in [-0.15, -0.1) is 16.6 Å². The van der Waals surface area contributed by atoms with Crippen molar-refractivity contribution in [3.05, 3.63) is 71.9 Å². The summed E-state index contributed by atoms with van der Waals surface area (Å²) in [4.78, 5) is 16.4. The van der Waals surface area contributed by atoms with Crippen LogP contribution in [-0.4, -0.2) is 30.8 Å². The molecule has 0 unspecified atom stereocenters. The van der Waals surface area contributed by atoms with Gasteiger partial charge in [0, 0.05) is 23.5 Å². The first-order valence-corrected chi connectivity index (χ1v) is 7.60. The third-order valence-corrected chi connectivity index (χ3v) is 3.64. The third kappa shape index (κ3) is 3.50. The maximum atomic E-state index is 12.5. The van der Waals surface area contributed by atoms with Crippen molar-refractivity contribution in [2.45, 2.75) is 0 Å². The normalized spacial score (nSPS) is 9.85. The van der Waals surface area contributed by atoms with Gasteiger partial charge in [-0.3, -0.25) is 9.36 Å². The van der Waals surface area contributed by atoms with Crippen molar-refractivity contribution in [3.63, 3.8) is 0 Å². The van der Waals surface area contributed by atoms with Gasteiger partial charge in [0.05, 0.1) is 11.3 Å². The highest BCUT2D eigenvalue weighted by molar-refractivity contribution is 6.04. The van der Waals surface area contributed by atoms with Gasteiger partial charge in [0.25, 0.3) is 5.91 Å². The lowest BCUT2D eigenvalue weighted by molar-refractivity contribution is 0.102. The quantitative estimate of drug-likeness (QED) is 0.547. The summed E-state index contributed by atoms with van der Waals surface area (Å²) in [5, 5.41) is 29.4. The van der Waals surface area contributed by atoms with Crippen LogP contribution in [0.2, 0.25) is 0 Å². The minimum atomic E-state index is -0.560. The molecule has 0 saturated heterocycles. The summed E-state index contributed by atoms with van der Waals surface area (Å²) < 4.78 is 1.64. The summed E-state index contributed by atoms with van der Waals surface area (Å²) in [5.74, 6) is 2.00. The van der Waals surface area contributed by atoms with Crippen LogP contribution in [0.4, 0.5) is 5.69 Å². The monoisotopic (exact) mass is 356 g/mol. The maximum absolute atomic E-state index is 12.5. The van der Waals surface area contributed by atoms with Crippen LogP contribution in [0.15, 0.2) is 49.6 Å². The fraction of sp³-hybridized carbons (Fsp3) is 0. The summed E-state index contributed by atoms with van der Waals surface area (Å²) in [6, 6.07) is 7.82. The van der Waals surface area contributed by atoms with Gasteiger partial charge in [-0.2, -0.15) is 5.26 Å². The lowest BCUT2D eigenvalue weighted by Gasteiger charge is -2.12. The molecule has 3 aromatic rings. The van der Waals surface area contributed by atoms with E-state index in [1.165, 1.54) is 18.2 Å². The van der Waals surface area contributed by atoms with Gasteiger partial charge >= 0.3 is 0 Å². The Balaban J connectivity index is 1.91. The molecule has 0 spiro atoms. The molecule has 8 heteroatoms. The number of nitrogens with zero attached hydrogens (tertiary/aromatic N) is 5. The average Bonchev–Trinajstić information content (AvgIpc) is 3.22. The number of carbonyl (C=O) groups excluding carboxylic acids is 1. The van der Waals surface area contributed by atoms with E-state index in [1.54, 1.807) is 29.4 Å². The number of terminal acetylenes is 1. The Kier molecular flexibility index (Phi) is 4.65. The Bertz CT molecular complexity index is 1100. The van der Waals surface area contributed by atoms with E-state index in [9.17, 15) is 9.90 Å². The fourth-order valence-electron chi connectivity index (χ4n) is 2.32. The van der Waals surface area contributed by atoms with E-state index >= 15 is 0 Å². The number of anilines is 1. The van der Waals surface area contributed by atoms with Gasteiger partial charge in [-0.1, -0.05) is 12.5 Å². The number of nitrogens with one attached hydrogen (secondary N) is 1. The number of amides is 1. The highest BCUT2D eigenvalue weighted by Crippen LogP contribution is 2.26. The summed E-state index contributed by atoms with van der Waals surface area (Å²) in [5.41, 5.74) is 0.909. The maximum Gasteiger partial charge on any atom is 0.276 e. The van der Waals surface area contributed by atoms with Crippen molar-refractivity contribution in [2.75, 3.05) is 5.32 Å². The van der Waals surface area contributed by atoms with Crippen molar-refractivity contribution in [1.82, 2.24) is 19.7 Å². The second kappa shape index (κ2) is 7.21. The largest absolute Gasteiger partial charge is 0.508 e. The molecule has 2 N–H and O–H groups in total. The molecule has 2 aromatic heterocycles. The van der Waals surface area contributed by atoms with Gasteiger partial charge in [0.2, 0.25) is 0 Å². The average molecular weight is 356 g/mol. The van der Waals surface area contributed by atoms with Gasteiger partial charge in [-0.25, -0.2) is 4.98 Å². The minimum Gasteiger partial charge on any atom is -0.508 e. The van der Waals surface area contributed by atoms with Crippen molar-refractivity contribution in [1.29, 1.82) is 5.26 Å². The molecule has 8 nitrogen and oxygen atoms in total. The Morgan fingerprint density at radius 1 is 1.30 bits per heavy atom. The van der Waals surface area contributed by atoms with Crippen molar-refractivity contribution in [2.24, 2.45) is 0 Å². The van der Waals surface area contributed by atoms with Crippen molar-refractivity contribution in [3.8, 4) is 24.2 Å². The van der Waals surface area contributed by atoms with Gasteiger partial charge in [0.1, 0.15) is 18.2 Å². The van der Waals surface area contributed by atoms with Gasteiger partial charge < -0.3 is 10.4 Å². The van der Waals surface area contributed by atoms with E-state index < -0.39 is 5.91 Å². The zero-order valence-corrected chi connectivity index (χ0v) is 13.9. The number of carbonyl (C=O) groups is 1. The summed E-state index contributed by atoms with van der Waals surface area (Å²) in [6.45, 7) is 3.44. The van der Waals surface area contributed by atoms with E-state index in [0.29, 0.717) is 5.82 Å². The number of benzene rings is 1. The molecular weight excluding hydrogens is 344 g/mol. The highest BCUT2D eigenvalue weighted by atomic mass is 16.3. The first kappa shape index (κ1) is 17.4. The zero-order chi connectivity index (χ0) is 19.4. The molecule has 0 aliphatic heterocycles. The molecule has 0 radical (unpaired) electrons. The molecule has 0 fully saturated rings. The molecule has 0 aliphatic rings. The van der Waals surface area contributed by atoms with Crippen LogP contribution in [0.5, 0.6) is 0 Å². The Hall–Kier alpha value is -4.43. The van der Waals surface area contributed by atoms with E-state index in [2.05, 4.69) is 33.0 Å². The molecule has 1 aromatic carbocycles. The SMILES string of the molecule is C#Cc1cc(NC(=O)c2ccc(-n3ccnc3)nn2)c(C(=C)O)cc1C#N. The number of hydrogen-bond acceptors (Lipinski definition) is 6. The first-order chi connectivity index (χ1) is 13.0.